The topological polar surface area (TPSA) is 98.2 Å². The van der Waals surface area contributed by atoms with Crippen LogP contribution in [0.25, 0.3) is 0 Å². The molecule has 2 amide bonds. The van der Waals surface area contributed by atoms with Gasteiger partial charge in [0.05, 0.1) is 17.5 Å². The summed E-state index contributed by atoms with van der Waals surface area (Å²) >= 11 is 0. The molecule has 1 aliphatic rings. The van der Waals surface area contributed by atoms with Crippen molar-refractivity contribution in [1.82, 2.24) is 5.32 Å². The Kier molecular flexibility index (Phi) is 8.48. The van der Waals surface area contributed by atoms with Crippen LogP contribution in [0.4, 0.5) is 0 Å². The molecule has 5 N–H and O–H groups in total. The summed E-state index contributed by atoms with van der Waals surface area (Å²) < 4.78 is 0. The molecule has 2 rings (SSSR count). The Morgan fingerprint density at radius 1 is 1.13 bits per heavy atom. The Labute approximate surface area is 182 Å². The van der Waals surface area contributed by atoms with E-state index in [0.717, 1.165) is 24.8 Å². The average Bonchev–Trinajstić information content (AvgIpc) is 2.67. The van der Waals surface area contributed by atoms with Crippen molar-refractivity contribution in [2.75, 3.05) is 0 Å². The predicted molar refractivity (Wildman–Crippen MR) is 122 cm³/mol. The molecule has 30 heavy (non-hydrogen) atoms. The van der Waals surface area contributed by atoms with Gasteiger partial charge in [0.15, 0.2) is 0 Å². The van der Waals surface area contributed by atoms with Gasteiger partial charge in [0.2, 0.25) is 11.8 Å². The van der Waals surface area contributed by atoms with Crippen molar-refractivity contribution in [1.29, 1.82) is 0 Å². The van der Waals surface area contributed by atoms with Crippen molar-refractivity contribution in [2.24, 2.45) is 40.6 Å². The smallest absolute Gasteiger partial charge is 0.237 e. The third-order valence-electron chi connectivity index (χ3n) is 6.84. The van der Waals surface area contributed by atoms with Gasteiger partial charge in [-0.3, -0.25) is 9.59 Å². The Balaban J connectivity index is 2.39. The molecule has 0 aromatic heterocycles. The first-order valence-electron chi connectivity index (χ1n) is 11.5. The quantitative estimate of drug-likeness (QED) is 0.564. The predicted octanol–water partition coefficient (Wildman–Crippen LogP) is 4.17. The largest absolute Gasteiger partial charge is 0.369 e. The van der Waals surface area contributed by atoms with Gasteiger partial charge in [-0.1, -0.05) is 71.4 Å². The minimum absolute atomic E-state index is 0.165. The monoisotopic (exact) mass is 415 g/mol. The molecule has 1 aliphatic carbocycles. The summed E-state index contributed by atoms with van der Waals surface area (Å²) in [7, 11) is 0. The molecule has 0 heterocycles. The zero-order chi connectivity index (χ0) is 22.5. The third-order valence-corrected chi connectivity index (χ3v) is 6.84. The molecular formula is C25H41N3O2. The molecule has 5 atom stereocenters. The lowest BCUT2D eigenvalue weighted by molar-refractivity contribution is -0.138. The maximum Gasteiger partial charge on any atom is 0.237 e. The minimum Gasteiger partial charge on any atom is -0.369 e. The van der Waals surface area contributed by atoms with Crippen LogP contribution in [0, 0.1) is 29.1 Å². The van der Waals surface area contributed by atoms with Gasteiger partial charge in [-0.25, -0.2) is 0 Å². The third kappa shape index (κ3) is 5.84. The van der Waals surface area contributed by atoms with Gasteiger partial charge >= 0.3 is 0 Å². The summed E-state index contributed by atoms with van der Waals surface area (Å²) in [5.41, 5.74) is 12.6. The first-order chi connectivity index (χ1) is 14.1. The summed E-state index contributed by atoms with van der Waals surface area (Å²) in [6, 6.07) is 9.03. The SMILES string of the molecule is CC(C)C[C@H](N)C(=O)N[C@@H](CC1(C(N)=O)CC(C)CCC1C(C)C)c1ccccc1. The number of nitrogens with two attached hydrogens (primary N) is 2. The summed E-state index contributed by atoms with van der Waals surface area (Å²) in [6.07, 6.45) is 4.01. The van der Waals surface area contributed by atoms with Crippen LogP contribution < -0.4 is 16.8 Å². The Bertz CT molecular complexity index is 704. The van der Waals surface area contributed by atoms with Gasteiger partial charge in [-0.05, 0) is 54.9 Å². The Morgan fingerprint density at radius 2 is 1.77 bits per heavy atom. The van der Waals surface area contributed by atoms with Crippen molar-refractivity contribution in [3.63, 3.8) is 0 Å². The van der Waals surface area contributed by atoms with Crippen molar-refractivity contribution in [2.45, 2.75) is 78.8 Å². The van der Waals surface area contributed by atoms with E-state index in [9.17, 15) is 9.59 Å². The van der Waals surface area contributed by atoms with Crippen LogP contribution in [0.3, 0.4) is 0 Å². The normalized spacial score (nSPS) is 26.4. The van der Waals surface area contributed by atoms with Crippen LogP contribution in [-0.4, -0.2) is 17.9 Å². The molecule has 1 saturated carbocycles. The van der Waals surface area contributed by atoms with E-state index in [1.807, 2.05) is 30.3 Å². The van der Waals surface area contributed by atoms with E-state index >= 15 is 0 Å². The second-order valence-electron chi connectivity index (χ2n) is 10.2. The number of hydrogen-bond donors (Lipinski definition) is 3. The molecule has 5 heteroatoms. The van der Waals surface area contributed by atoms with Crippen molar-refractivity contribution in [3.05, 3.63) is 35.9 Å². The summed E-state index contributed by atoms with van der Waals surface area (Å²) in [4.78, 5) is 25.9. The van der Waals surface area contributed by atoms with Crippen LogP contribution in [-0.2, 0) is 9.59 Å². The van der Waals surface area contributed by atoms with E-state index in [1.54, 1.807) is 0 Å². The first kappa shape index (κ1) is 24.4. The van der Waals surface area contributed by atoms with Crippen LogP contribution in [0.5, 0.6) is 0 Å². The van der Waals surface area contributed by atoms with Gasteiger partial charge in [-0.2, -0.15) is 0 Å². The van der Waals surface area contributed by atoms with E-state index in [1.165, 1.54) is 0 Å². The molecule has 168 valence electrons. The number of primary amides is 1. The molecule has 0 bridgehead atoms. The summed E-state index contributed by atoms with van der Waals surface area (Å²) in [5.74, 6) is 0.917. The molecule has 5 nitrogen and oxygen atoms in total. The van der Waals surface area contributed by atoms with Gasteiger partial charge in [0.1, 0.15) is 0 Å². The lowest BCUT2D eigenvalue weighted by atomic mass is 9.57. The second-order valence-corrected chi connectivity index (χ2v) is 10.2. The Hall–Kier alpha value is -1.88. The van der Waals surface area contributed by atoms with Crippen LogP contribution in [0.2, 0.25) is 0 Å². The van der Waals surface area contributed by atoms with Gasteiger partial charge < -0.3 is 16.8 Å². The fourth-order valence-electron chi connectivity index (χ4n) is 5.40. The summed E-state index contributed by atoms with van der Waals surface area (Å²) in [6.45, 7) is 10.7. The number of carbonyl (C=O) groups excluding carboxylic acids is 2. The van der Waals surface area contributed by atoms with E-state index in [-0.39, 0.29) is 23.8 Å². The van der Waals surface area contributed by atoms with Gasteiger partial charge in [0, 0.05) is 0 Å². The van der Waals surface area contributed by atoms with Crippen LogP contribution >= 0.6 is 0 Å². The average molecular weight is 416 g/mol. The zero-order valence-corrected chi connectivity index (χ0v) is 19.4. The van der Waals surface area contributed by atoms with E-state index < -0.39 is 11.5 Å². The van der Waals surface area contributed by atoms with Crippen molar-refractivity contribution >= 4 is 11.8 Å². The molecule has 0 aliphatic heterocycles. The highest BCUT2D eigenvalue weighted by atomic mass is 16.2. The molecule has 0 radical (unpaired) electrons. The fraction of sp³-hybridized carbons (Fsp3) is 0.680. The van der Waals surface area contributed by atoms with Crippen LogP contribution in [0.1, 0.15) is 78.3 Å². The number of benzene rings is 1. The summed E-state index contributed by atoms with van der Waals surface area (Å²) in [5, 5.41) is 3.17. The number of carbonyl (C=O) groups is 2. The number of rotatable bonds is 9. The molecule has 1 aromatic carbocycles. The molecule has 0 spiro atoms. The Morgan fingerprint density at radius 3 is 2.30 bits per heavy atom. The molecule has 1 fully saturated rings. The van der Waals surface area contributed by atoms with Gasteiger partial charge in [0.25, 0.3) is 0 Å². The van der Waals surface area contributed by atoms with Crippen LogP contribution in [0.15, 0.2) is 30.3 Å². The zero-order valence-electron chi connectivity index (χ0n) is 19.4. The van der Waals surface area contributed by atoms with E-state index in [2.05, 4.69) is 39.9 Å². The molecule has 1 aromatic rings. The fourth-order valence-corrected chi connectivity index (χ4v) is 5.40. The van der Waals surface area contributed by atoms with E-state index in [4.69, 9.17) is 11.5 Å². The minimum atomic E-state index is -0.637. The lowest BCUT2D eigenvalue weighted by Crippen LogP contribution is -2.52. The van der Waals surface area contributed by atoms with Crippen molar-refractivity contribution in [3.8, 4) is 0 Å². The number of amides is 2. The number of nitrogens with one attached hydrogen (secondary N) is 1. The number of hydrogen-bond acceptors (Lipinski definition) is 3. The standard InChI is InChI=1S/C25H41N3O2/c1-16(2)13-21(26)23(29)28-22(19-9-7-6-8-10-19)15-25(24(27)30)14-18(5)11-12-20(25)17(3)4/h6-10,16-18,20-22H,11-15,26H2,1-5H3,(H2,27,30)(H,28,29)/t18?,20?,21-,22-,25?/m0/s1. The second kappa shape index (κ2) is 10.4. The maximum absolute atomic E-state index is 13.0. The molecule has 0 saturated heterocycles. The highest BCUT2D eigenvalue weighted by Gasteiger charge is 2.50. The molecule has 3 unspecified atom stereocenters. The van der Waals surface area contributed by atoms with Crippen molar-refractivity contribution < 1.29 is 9.59 Å². The first-order valence-corrected chi connectivity index (χ1v) is 11.5. The van der Waals surface area contributed by atoms with E-state index in [0.29, 0.717) is 30.6 Å². The lowest BCUT2D eigenvalue weighted by Gasteiger charge is -2.48. The highest BCUT2D eigenvalue weighted by molar-refractivity contribution is 5.83. The molecular weight excluding hydrogens is 374 g/mol. The highest BCUT2D eigenvalue weighted by Crippen LogP contribution is 2.51. The maximum atomic E-state index is 13.0. The van der Waals surface area contributed by atoms with Gasteiger partial charge in [-0.15, -0.1) is 0 Å².